The third-order valence-corrected chi connectivity index (χ3v) is 9.03. The number of carbonyl (C=O) groups excluding carboxylic acids is 3. The first-order valence-electron chi connectivity index (χ1n) is 16.4. The second-order valence-corrected chi connectivity index (χ2v) is 12.5. The van der Waals surface area contributed by atoms with Crippen LogP contribution in [0.3, 0.4) is 0 Å². The van der Waals surface area contributed by atoms with Crippen LogP contribution in [0.4, 0.5) is 34.8 Å². The number of nitrogen functional groups attached to an aromatic ring is 1. The Morgan fingerprint density at radius 2 is 1.83 bits per heavy atom. The van der Waals surface area contributed by atoms with Crippen molar-refractivity contribution in [2.45, 2.75) is 32.5 Å². The molecule has 2 aliphatic heterocycles. The lowest BCUT2D eigenvalue weighted by Crippen LogP contribution is -2.52. The maximum atomic E-state index is 14.1. The number of anilines is 3. The summed E-state index contributed by atoms with van der Waals surface area (Å²) in [5.74, 6) is -2.62. The average Bonchev–Trinajstić information content (AvgIpc) is 3.59. The number of benzene rings is 1. The maximum absolute atomic E-state index is 14.1. The van der Waals surface area contributed by atoms with Crippen molar-refractivity contribution >= 4 is 57.9 Å². The monoisotopic (exact) mass is 760 g/mol. The van der Waals surface area contributed by atoms with E-state index in [1.54, 1.807) is 17.9 Å². The largest absolute Gasteiger partial charge is 0.416 e. The van der Waals surface area contributed by atoms with Crippen molar-refractivity contribution in [2.75, 3.05) is 61.9 Å². The zero-order valence-corrected chi connectivity index (χ0v) is 28.9. The summed E-state index contributed by atoms with van der Waals surface area (Å²) in [5, 5.41) is 9.10. The molecule has 2 aliphatic rings. The Hall–Kier alpha value is -5.56. The predicted molar refractivity (Wildman–Crippen MR) is 185 cm³/mol. The van der Waals surface area contributed by atoms with Gasteiger partial charge in [0.1, 0.15) is 18.1 Å². The molecule has 1 fully saturated rings. The van der Waals surface area contributed by atoms with E-state index in [0.717, 1.165) is 28.3 Å². The van der Waals surface area contributed by atoms with Gasteiger partial charge in [0, 0.05) is 26.2 Å². The molecule has 0 bridgehead atoms. The number of carbonyl (C=O) groups is 3. The lowest BCUT2D eigenvalue weighted by atomic mass is 10.1. The highest BCUT2D eigenvalue weighted by atomic mass is 35.5. The molecule has 4 aromatic rings. The SMILES string of the molecule is CCc1c(N2CCN(C(=O)CNC(=O)c3nc(N)ccc3F)CC2)c(=O)n2nc(C3=CCOCC3)nc2n1CC(=O)Nc1ccc(C(F)(F)F)cc1Cl. The molecule has 20 heteroatoms. The molecule has 1 saturated heterocycles. The smallest absolute Gasteiger partial charge is 0.384 e. The zero-order valence-electron chi connectivity index (χ0n) is 28.2. The van der Waals surface area contributed by atoms with E-state index in [0.29, 0.717) is 31.4 Å². The average molecular weight is 761 g/mol. The summed E-state index contributed by atoms with van der Waals surface area (Å²) >= 11 is 6.10. The number of aromatic nitrogens is 5. The zero-order chi connectivity index (χ0) is 38.0. The molecule has 1 aromatic carbocycles. The Morgan fingerprint density at radius 3 is 2.49 bits per heavy atom. The Labute approximate surface area is 303 Å². The highest BCUT2D eigenvalue weighted by molar-refractivity contribution is 6.33. The highest BCUT2D eigenvalue weighted by Gasteiger charge is 2.32. The van der Waals surface area contributed by atoms with E-state index >= 15 is 0 Å². The van der Waals surface area contributed by atoms with Gasteiger partial charge in [-0.3, -0.25) is 19.2 Å². The van der Waals surface area contributed by atoms with Crippen molar-refractivity contribution in [3.8, 4) is 0 Å². The Morgan fingerprint density at radius 1 is 1.08 bits per heavy atom. The second kappa shape index (κ2) is 15.2. The summed E-state index contributed by atoms with van der Waals surface area (Å²) in [7, 11) is 0. The van der Waals surface area contributed by atoms with Crippen molar-refractivity contribution in [3.05, 3.63) is 80.4 Å². The molecule has 0 spiro atoms. The molecule has 0 radical (unpaired) electrons. The number of ether oxygens (including phenoxy) is 1. The second-order valence-electron chi connectivity index (χ2n) is 12.1. The summed E-state index contributed by atoms with van der Waals surface area (Å²) in [6.45, 7) is 2.39. The lowest BCUT2D eigenvalue weighted by Gasteiger charge is -2.36. The minimum atomic E-state index is -4.63. The fraction of sp³-hybridized carbons (Fsp3) is 0.364. The Kier molecular flexibility index (Phi) is 10.7. The van der Waals surface area contributed by atoms with Crippen LogP contribution in [-0.4, -0.2) is 92.7 Å². The molecule has 15 nitrogen and oxygen atoms in total. The normalized spacial score (nSPS) is 15.0. The molecule has 0 aliphatic carbocycles. The maximum Gasteiger partial charge on any atom is 0.416 e. The van der Waals surface area contributed by atoms with Gasteiger partial charge >= 0.3 is 6.18 Å². The highest BCUT2D eigenvalue weighted by Crippen LogP contribution is 2.34. The van der Waals surface area contributed by atoms with Gasteiger partial charge in [0.25, 0.3) is 11.5 Å². The van der Waals surface area contributed by atoms with E-state index < -0.39 is 59.6 Å². The van der Waals surface area contributed by atoms with Gasteiger partial charge in [-0.15, -0.1) is 5.10 Å². The number of alkyl halides is 3. The number of nitrogens with zero attached hydrogens (tertiary/aromatic N) is 7. The molecule has 4 N–H and O–H groups in total. The van der Waals surface area contributed by atoms with Gasteiger partial charge in [-0.25, -0.2) is 9.37 Å². The molecular formula is C33H33ClF4N10O5. The number of fused-ring (bicyclic) bond motifs is 1. The van der Waals surface area contributed by atoms with Gasteiger partial charge in [-0.1, -0.05) is 24.6 Å². The number of piperazine rings is 1. The van der Waals surface area contributed by atoms with E-state index in [1.165, 1.54) is 15.5 Å². The van der Waals surface area contributed by atoms with Gasteiger partial charge in [-0.05, 0) is 48.7 Å². The lowest BCUT2D eigenvalue weighted by molar-refractivity contribution is -0.137. The van der Waals surface area contributed by atoms with E-state index in [4.69, 9.17) is 22.1 Å². The van der Waals surface area contributed by atoms with Crippen LogP contribution in [0.1, 0.15) is 40.9 Å². The van der Waals surface area contributed by atoms with Crippen molar-refractivity contribution in [1.82, 2.24) is 34.4 Å². The van der Waals surface area contributed by atoms with Crippen molar-refractivity contribution in [3.63, 3.8) is 0 Å². The Balaban J connectivity index is 1.25. The van der Waals surface area contributed by atoms with Gasteiger partial charge in [0.05, 0.1) is 41.7 Å². The molecule has 3 amide bonds. The van der Waals surface area contributed by atoms with Crippen LogP contribution < -0.4 is 26.8 Å². The molecule has 53 heavy (non-hydrogen) atoms. The summed E-state index contributed by atoms with van der Waals surface area (Å²) in [4.78, 5) is 64.6. The number of pyridine rings is 1. The van der Waals surface area contributed by atoms with Crippen LogP contribution >= 0.6 is 11.6 Å². The molecule has 6 rings (SSSR count). The third kappa shape index (κ3) is 7.95. The standard InChI is InChI=1S/C33H33ClF4N10O5/c1-2-23-28(46-11-9-45(10-12-46)26(50)16-40-30(51)27-21(35)4-6-24(39)42-27)31(52)48-32(43-29(44-48)18-7-13-53-14-8-18)47(23)17-25(49)41-22-5-3-19(15-20(22)34)33(36,37)38/h3-7,15H,2,8-14,16-17H2,1H3,(H2,39,42)(H,40,51)(H,41,49). The quantitative estimate of drug-likeness (QED) is 0.215. The Bertz CT molecular complexity index is 2180. The number of amides is 3. The van der Waals surface area contributed by atoms with Gasteiger partial charge in [0.15, 0.2) is 17.3 Å². The van der Waals surface area contributed by atoms with Gasteiger partial charge in [0.2, 0.25) is 17.6 Å². The molecule has 3 aromatic heterocycles. The predicted octanol–water partition coefficient (Wildman–Crippen LogP) is 2.76. The topological polar surface area (TPSA) is 182 Å². The van der Waals surface area contributed by atoms with E-state index in [9.17, 15) is 36.7 Å². The molecule has 0 atom stereocenters. The number of nitrogens with two attached hydrogens (primary N) is 1. The number of hydrogen-bond acceptors (Lipinski definition) is 10. The van der Waals surface area contributed by atoms with Crippen LogP contribution in [0.25, 0.3) is 11.4 Å². The van der Waals surface area contributed by atoms with Gasteiger partial charge in [-0.2, -0.15) is 22.7 Å². The van der Waals surface area contributed by atoms with E-state index in [1.807, 2.05) is 0 Å². The first-order valence-corrected chi connectivity index (χ1v) is 16.8. The minimum Gasteiger partial charge on any atom is -0.384 e. The van der Waals surface area contributed by atoms with Crippen LogP contribution in [0.2, 0.25) is 5.02 Å². The molecule has 280 valence electrons. The van der Waals surface area contributed by atoms with Crippen LogP contribution in [0.15, 0.2) is 41.2 Å². The number of rotatable bonds is 9. The van der Waals surface area contributed by atoms with Gasteiger partial charge < -0.3 is 35.5 Å². The molecule has 5 heterocycles. The van der Waals surface area contributed by atoms with Crippen LogP contribution in [0.5, 0.6) is 0 Å². The number of nitrogens with one attached hydrogen (secondary N) is 2. The molecule has 0 unspecified atom stereocenters. The minimum absolute atomic E-state index is 0.0409. The van der Waals surface area contributed by atoms with Crippen molar-refractivity contribution < 1.29 is 36.7 Å². The summed E-state index contributed by atoms with van der Waals surface area (Å²) < 4.78 is 61.7. The first-order chi connectivity index (χ1) is 25.2. The van der Waals surface area contributed by atoms with E-state index in [2.05, 4.69) is 25.7 Å². The summed E-state index contributed by atoms with van der Waals surface area (Å²) in [6.07, 6.45) is -2.08. The number of hydrogen-bond donors (Lipinski definition) is 3. The van der Waals surface area contributed by atoms with Crippen molar-refractivity contribution in [2.24, 2.45) is 0 Å². The van der Waals surface area contributed by atoms with Crippen LogP contribution in [-0.2, 0) is 33.5 Å². The molecular weight excluding hydrogens is 728 g/mol. The van der Waals surface area contributed by atoms with E-state index in [-0.39, 0.29) is 66.4 Å². The molecule has 0 saturated carbocycles. The number of halogens is 5. The first kappa shape index (κ1) is 37.2. The van der Waals surface area contributed by atoms with Crippen molar-refractivity contribution in [1.29, 1.82) is 0 Å². The third-order valence-electron chi connectivity index (χ3n) is 8.71. The fourth-order valence-electron chi connectivity index (χ4n) is 6.07. The summed E-state index contributed by atoms with van der Waals surface area (Å²) in [6, 6.07) is 4.77. The fourth-order valence-corrected chi connectivity index (χ4v) is 6.30. The van der Waals surface area contributed by atoms with Crippen LogP contribution in [0, 0.1) is 5.82 Å². The summed E-state index contributed by atoms with van der Waals surface area (Å²) in [5.41, 5.74) is 4.89.